The standard InChI is InChI=1S/C7H8N2O2/c8-6-4-9-3-1-2-5(6)7(10)11/h1-4,9H,8H2,(H,10,11). The van der Waals surface area contributed by atoms with Crippen molar-refractivity contribution in [3.8, 4) is 0 Å². The van der Waals surface area contributed by atoms with Gasteiger partial charge in [-0.05, 0) is 12.2 Å². The molecule has 4 heteroatoms. The maximum Gasteiger partial charge on any atom is 0.337 e. The van der Waals surface area contributed by atoms with Crippen LogP contribution in [0, 0.1) is 0 Å². The Kier molecular flexibility index (Phi) is 1.96. The van der Waals surface area contributed by atoms with Crippen molar-refractivity contribution < 1.29 is 9.90 Å². The highest BCUT2D eigenvalue weighted by atomic mass is 16.4. The van der Waals surface area contributed by atoms with Gasteiger partial charge in [0.15, 0.2) is 0 Å². The lowest BCUT2D eigenvalue weighted by atomic mass is 10.2. The molecule has 11 heavy (non-hydrogen) atoms. The first-order valence-electron chi connectivity index (χ1n) is 3.04. The Labute approximate surface area is 63.7 Å². The van der Waals surface area contributed by atoms with Crippen molar-refractivity contribution in [2.75, 3.05) is 0 Å². The Morgan fingerprint density at radius 3 is 3.00 bits per heavy atom. The van der Waals surface area contributed by atoms with Gasteiger partial charge >= 0.3 is 5.97 Å². The fraction of sp³-hybridized carbons (Fsp3) is 0. The highest BCUT2D eigenvalue weighted by Gasteiger charge is 2.09. The molecule has 4 N–H and O–H groups in total. The van der Waals surface area contributed by atoms with Crippen LogP contribution in [-0.4, -0.2) is 11.1 Å². The molecule has 0 aromatic heterocycles. The summed E-state index contributed by atoms with van der Waals surface area (Å²) in [5.74, 6) is -1.02. The van der Waals surface area contributed by atoms with E-state index < -0.39 is 5.97 Å². The van der Waals surface area contributed by atoms with Gasteiger partial charge in [-0.2, -0.15) is 0 Å². The molecule has 0 aliphatic carbocycles. The van der Waals surface area contributed by atoms with Crippen molar-refractivity contribution in [1.82, 2.24) is 5.32 Å². The van der Waals surface area contributed by atoms with E-state index in [0.29, 0.717) is 0 Å². The summed E-state index contributed by atoms with van der Waals surface area (Å²) in [5, 5.41) is 11.3. The zero-order valence-corrected chi connectivity index (χ0v) is 5.74. The third-order valence-corrected chi connectivity index (χ3v) is 1.24. The van der Waals surface area contributed by atoms with E-state index >= 15 is 0 Å². The van der Waals surface area contributed by atoms with Crippen LogP contribution < -0.4 is 11.1 Å². The number of carbonyl (C=O) groups is 1. The van der Waals surface area contributed by atoms with E-state index in [0.717, 1.165) is 0 Å². The van der Waals surface area contributed by atoms with Crippen LogP contribution in [0.4, 0.5) is 0 Å². The van der Waals surface area contributed by atoms with E-state index in [4.69, 9.17) is 10.8 Å². The van der Waals surface area contributed by atoms with Crippen LogP contribution >= 0.6 is 0 Å². The Morgan fingerprint density at radius 1 is 1.64 bits per heavy atom. The van der Waals surface area contributed by atoms with Crippen LogP contribution in [0.15, 0.2) is 35.8 Å². The number of nitrogens with two attached hydrogens (primary N) is 1. The summed E-state index contributed by atoms with van der Waals surface area (Å²) in [4.78, 5) is 10.5. The molecule has 0 saturated heterocycles. The van der Waals surface area contributed by atoms with Gasteiger partial charge in [-0.25, -0.2) is 4.79 Å². The van der Waals surface area contributed by atoms with Crippen LogP contribution in [-0.2, 0) is 4.79 Å². The molecular weight excluding hydrogens is 144 g/mol. The molecule has 0 radical (unpaired) electrons. The first-order chi connectivity index (χ1) is 5.22. The van der Waals surface area contributed by atoms with Crippen LogP contribution in [0.2, 0.25) is 0 Å². The van der Waals surface area contributed by atoms with Crippen molar-refractivity contribution in [2.45, 2.75) is 0 Å². The normalized spacial score (nSPS) is 16.0. The van der Waals surface area contributed by atoms with E-state index in [2.05, 4.69) is 5.32 Å². The van der Waals surface area contributed by atoms with E-state index in [1.54, 1.807) is 12.3 Å². The molecule has 4 nitrogen and oxygen atoms in total. The fourth-order valence-electron chi connectivity index (χ4n) is 0.707. The van der Waals surface area contributed by atoms with Gasteiger partial charge in [-0.1, -0.05) is 0 Å². The Balaban J connectivity index is 2.98. The lowest BCUT2D eigenvalue weighted by Gasteiger charge is -1.98. The maximum absolute atomic E-state index is 10.5. The minimum absolute atomic E-state index is 0.103. The number of hydrogen-bond donors (Lipinski definition) is 3. The third-order valence-electron chi connectivity index (χ3n) is 1.24. The Hall–Kier alpha value is -1.71. The van der Waals surface area contributed by atoms with E-state index in [-0.39, 0.29) is 11.3 Å². The molecule has 1 aliphatic heterocycles. The number of allylic oxidation sites excluding steroid dienone is 2. The number of nitrogens with one attached hydrogen (secondary N) is 1. The molecule has 0 spiro atoms. The molecule has 1 aliphatic rings. The van der Waals surface area contributed by atoms with Gasteiger partial charge in [0.1, 0.15) is 0 Å². The van der Waals surface area contributed by atoms with Crippen LogP contribution in [0.5, 0.6) is 0 Å². The molecule has 0 aromatic rings. The molecular formula is C7H8N2O2. The van der Waals surface area contributed by atoms with Gasteiger partial charge in [0, 0.05) is 12.4 Å². The highest BCUT2D eigenvalue weighted by Crippen LogP contribution is 2.05. The number of aliphatic carboxylic acids is 1. The minimum atomic E-state index is -1.02. The summed E-state index contributed by atoms with van der Waals surface area (Å²) in [6.45, 7) is 0. The predicted octanol–water partition coefficient (Wildman–Crippen LogP) is -0.0856. The van der Waals surface area contributed by atoms with Crippen molar-refractivity contribution >= 4 is 5.97 Å². The average molecular weight is 152 g/mol. The molecule has 1 rings (SSSR count). The van der Waals surface area contributed by atoms with E-state index in [9.17, 15) is 4.79 Å². The molecule has 0 unspecified atom stereocenters. The minimum Gasteiger partial charge on any atom is -0.478 e. The zero-order chi connectivity index (χ0) is 8.27. The monoisotopic (exact) mass is 152 g/mol. The molecule has 0 amide bonds. The smallest absolute Gasteiger partial charge is 0.337 e. The average Bonchev–Trinajstić information content (AvgIpc) is 2.13. The van der Waals surface area contributed by atoms with Gasteiger partial charge in [-0.15, -0.1) is 0 Å². The second kappa shape index (κ2) is 2.92. The second-order valence-corrected chi connectivity index (χ2v) is 2.01. The third kappa shape index (κ3) is 1.61. The van der Waals surface area contributed by atoms with Gasteiger partial charge in [0.05, 0.1) is 11.3 Å². The summed E-state index contributed by atoms with van der Waals surface area (Å²) in [6, 6.07) is 0. The van der Waals surface area contributed by atoms with Gasteiger partial charge in [0.2, 0.25) is 0 Å². The van der Waals surface area contributed by atoms with Gasteiger partial charge in [0.25, 0.3) is 0 Å². The summed E-state index contributed by atoms with van der Waals surface area (Å²) < 4.78 is 0. The molecule has 0 atom stereocenters. The second-order valence-electron chi connectivity index (χ2n) is 2.01. The number of carboxylic acid groups (broad SMARTS) is 1. The van der Waals surface area contributed by atoms with Crippen molar-refractivity contribution in [2.24, 2.45) is 5.73 Å². The highest BCUT2D eigenvalue weighted by molar-refractivity contribution is 5.91. The van der Waals surface area contributed by atoms with Crippen LogP contribution in [0.25, 0.3) is 0 Å². The summed E-state index contributed by atoms with van der Waals surface area (Å²) in [6.07, 6.45) is 6.06. The molecule has 0 aromatic carbocycles. The van der Waals surface area contributed by atoms with Gasteiger partial charge in [-0.3, -0.25) is 0 Å². The Bertz CT molecular complexity index is 264. The van der Waals surface area contributed by atoms with Crippen LogP contribution in [0.1, 0.15) is 0 Å². The number of hydrogen-bond acceptors (Lipinski definition) is 3. The van der Waals surface area contributed by atoms with E-state index in [1.165, 1.54) is 12.3 Å². The first kappa shape index (κ1) is 7.40. The first-order valence-corrected chi connectivity index (χ1v) is 3.04. The fourth-order valence-corrected chi connectivity index (χ4v) is 0.707. The number of carboxylic acids is 1. The largest absolute Gasteiger partial charge is 0.478 e. The lowest BCUT2D eigenvalue weighted by molar-refractivity contribution is -0.132. The maximum atomic E-state index is 10.5. The Morgan fingerprint density at radius 2 is 2.36 bits per heavy atom. The lowest BCUT2D eigenvalue weighted by Crippen LogP contribution is -2.11. The summed E-state index contributed by atoms with van der Waals surface area (Å²) in [5.41, 5.74) is 5.72. The molecule has 58 valence electrons. The predicted molar refractivity (Wildman–Crippen MR) is 40.3 cm³/mol. The molecule has 0 saturated carbocycles. The summed E-state index contributed by atoms with van der Waals surface area (Å²) >= 11 is 0. The number of rotatable bonds is 1. The summed E-state index contributed by atoms with van der Waals surface area (Å²) in [7, 11) is 0. The van der Waals surface area contributed by atoms with Crippen molar-refractivity contribution in [3.05, 3.63) is 35.8 Å². The SMILES string of the molecule is NC1=CNC=CC=C1C(=O)O. The quantitative estimate of drug-likeness (QED) is 0.491. The van der Waals surface area contributed by atoms with Gasteiger partial charge < -0.3 is 16.2 Å². The molecule has 0 fully saturated rings. The zero-order valence-electron chi connectivity index (χ0n) is 5.74. The van der Waals surface area contributed by atoms with E-state index in [1.807, 2.05) is 0 Å². The molecule has 1 heterocycles. The topological polar surface area (TPSA) is 75.3 Å². The van der Waals surface area contributed by atoms with Crippen molar-refractivity contribution in [3.63, 3.8) is 0 Å². The van der Waals surface area contributed by atoms with Crippen LogP contribution in [0.3, 0.4) is 0 Å². The molecule has 0 bridgehead atoms. The van der Waals surface area contributed by atoms with Crippen molar-refractivity contribution in [1.29, 1.82) is 0 Å².